The van der Waals surface area contributed by atoms with Crippen LogP contribution in [0.15, 0.2) is 0 Å². The molecular weight excluding hydrogens is 282 g/mol. The Kier molecular flexibility index (Phi) is 4.36. The van der Waals surface area contributed by atoms with Gasteiger partial charge in [0, 0.05) is 6.04 Å². The average molecular weight is 303 g/mol. The van der Waals surface area contributed by atoms with Crippen LogP contribution in [0.1, 0.15) is 32.6 Å². The maximum Gasteiger partial charge on any atom is 0.307 e. The van der Waals surface area contributed by atoms with Gasteiger partial charge in [0.05, 0.1) is 23.3 Å². The highest BCUT2D eigenvalue weighted by Gasteiger charge is 2.42. The first kappa shape index (κ1) is 15.3. The molecule has 0 aromatic heterocycles. The van der Waals surface area contributed by atoms with E-state index in [9.17, 15) is 18.0 Å². The van der Waals surface area contributed by atoms with Crippen LogP contribution in [-0.2, 0) is 19.4 Å². The minimum absolute atomic E-state index is 0.0290. The minimum Gasteiger partial charge on any atom is -0.481 e. The van der Waals surface area contributed by atoms with Gasteiger partial charge in [-0.3, -0.25) is 9.59 Å². The van der Waals surface area contributed by atoms with Crippen molar-refractivity contribution in [1.29, 1.82) is 0 Å². The average Bonchev–Trinajstić information content (AvgIpc) is 2.70. The number of hydrogen-bond donors (Lipinski definition) is 2. The number of aliphatic carboxylic acids is 1. The lowest BCUT2D eigenvalue weighted by Crippen LogP contribution is -2.46. The van der Waals surface area contributed by atoms with Gasteiger partial charge < -0.3 is 10.4 Å². The Morgan fingerprint density at radius 3 is 2.45 bits per heavy atom. The van der Waals surface area contributed by atoms with E-state index in [0.29, 0.717) is 25.7 Å². The number of carboxylic acids is 1. The van der Waals surface area contributed by atoms with Gasteiger partial charge in [-0.05, 0) is 31.6 Å². The summed E-state index contributed by atoms with van der Waals surface area (Å²) in [4.78, 5) is 23.4. The van der Waals surface area contributed by atoms with E-state index >= 15 is 0 Å². The van der Waals surface area contributed by atoms with Crippen LogP contribution in [0.3, 0.4) is 0 Å². The molecule has 0 aromatic carbocycles. The monoisotopic (exact) mass is 303 g/mol. The molecule has 0 radical (unpaired) electrons. The van der Waals surface area contributed by atoms with Gasteiger partial charge in [0.25, 0.3) is 0 Å². The smallest absolute Gasteiger partial charge is 0.307 e. The van der Waals surface area contributed by atoms with E-state index < -0.39 is 27.6 Å². The molecule has 1 heterocycles. The number of carboxylic acid groups (broad SMARTS) is 1. The second-order valence-electron chi connectivity index (χ2n) is 6.09. The van der Waals surface area contributed by atoms with Crippen molar-refractivity contribution in [3.63, 3.8) is 0 Å². The van der Waals surface area contributed by atoms with Crippen LogP contribution in [-0.4, -0.2) is 42.9 Å². The Balaban J connectivity index is 1.99. The van der Waals surface area contributed by atoms with Crippen molar-refractivity contribution in [1.82, 2.24) is 5.32 Å². The molecule has 1 aliphatic heterocycles. The standard InChI is InChI=1S/C13H21NO5S/c1-8-5-10(11(6-8)13(16)17)12(15)14-9-3-2-4-20(18,19)7-9/h8-11H,2-7H2,1H3,(H,14,15)(H,16,17). The van der Waals surface area contributed by atoms with Gasteiger partial charge in [-0.15, -0.1) is 0 Å². The van der Waals surface area contributed by atoms with Crippen molar-refractivity contribution in [2.24, 2.45) is 17.8 Å². The van der Waals surface area contributed by atoms with Crippen LogP contribution >= 0.6 is 0 Å². The van der Waals surface area contributed by atoms with Crippen molar-refractivity contribution >= 4 is 21.7 Å². The number of nitrogens with one attached hydrogen (secondary N) is 1. The summed E-state index contributed by atoms with van der Waals surface area (Å²) in [5.74, 6) is -2.06. The summed E-state index contributed by atoms with van der Waals surface area (Å²) in [7, 11) is -3.07. The molecular formula is C13H21NO5S. The normalized spacial score (nSPS) is 36.5. The van der Waals surface area contributed by atoms with E-state index in [1.165, 1.54) is 0 Å². The van der Waals surface area contributed by atoms with Crippen LogP contribution < -0.4 is 5.32 Å². The molecule has 7 heteroatoms. The topological polar surface area (TPSA) is 101 Å². The summed E-state index contributed by atoms with van der Waals surface area (Å²) in [6, 6.07) is -0.369. The summed E-state index contributed by atoms with van der Waals surface area (Å²) in [6.07, 6.45) is 2.26. The molecule has 4 unspecified atom stereocenters. The van der Waals surface area contributed by atoms with Gasteiger partial charge >= 0.3 is 5.97 Å². The highest BCUT2D eigenvalue weighted by atomic mass is 32.2. The Morgan fingerprint density at radius 2 is 1.85 bits per heavy atom. The quantitative estimate of drug-likeness (QED) is 0.787. The van der Waals surface area contributed by atoms with E-state index in [-0.39, 0.29) is 29.4 Å². The SMILES string of the molecule is CC1CC(C(=O)O)C(C(=O)NC2CCCS(=O)(=O)C2)C1. The first-order valence-electron chi connectivity index (χ1n) is 7.02. The molecule has 1 saturated heterocycles. The van der Waals surface area contributed by atoms with Gasteiger partial charge in [-0.1, -0.05) is 6.92 Å². The molecule has 1 amide bonds. The second-order valence-corrected chi connectivity index (χ2v) is 8.32. The van der Waals surface area contributed by atoms with Crippen LogP contribution in [0, 0.1) is 17.8 Å². The Hall–Kier alpha value is -1.11. The number of hydrogen-bond acceptors (Lipinski definition) is 4. The summed E-state index contributed by atoms with van der Waals surface area (Å²) in [5, 5.41) is 11.9. The first-order chi connectivity index (χ1) is 9.28. The number of sulfone groups is 1. The summed E-state index contributed by atoms with van der Waals surface area (Å²) >= 11 is 0. The molecule has 2 fully saturated rings. The molecule has 0 aromatic rings. The van der Waals surface area contributed by atoms with Gasteiger partial charge in [0.15, 0.2) is 9.84 Å². The fraction of sp³-hybridized carbons (Fsp3) is 0.846. The minimum atomic E-state index is -3.07. The van der Waals surface area contributed by atoms with Gasteiger partial charge in [-0.25, -0.2) is 8.42 Å². The predicted octanol–water partition coefficient (Wildman–Crippen LogP) is 0.427. The fourth-order valence-corrected chi connectivity index (χ4v) is 4.94. The molecule has 0 bridgehead atoms. The molecule has 1 aliphatic carbocycles. The number of carbonyl (C=O) groups excluding carboxylic acids is 1. The molecule has 2 rings (SSSR count). The molecule has 1 saturated carbocycles. The lowest BCUT2D eigenvalue weighted by Gasteiger charge is -2.25. The van der Waals surface area contributed by atoms with Gasteiger partial charge in [0.2, 0.25) is 5.91 Å². The zero-order valence-electron chi connectivity index (χ0n) is 11.5. The molecule has 0 spiro atoms. The lowest BCUT2D eigenvalue weighted by atomic mass is 9.95. The maximum atomic E-state index is 12.2. The Morgan fingerprint density at radius 1 is 1.20 bits per heavy atom. The van der Waals surface area contributed by atoms with E-state index in [1.54, 1.807) is 0 Å². The molecule has 6 nitrogen and oxygen atoms in total. The largest absolute Gasteiger partial charge is 0.481 e. The Labute approximate surface area is 118 Å². The van der Waals surface area contributed by atoms with Crippen LogP contribution in [0.4, 0.5) is 0 Å². The van der Waals surface area contributed by atoms with Crippen LogP contribution in [0.5, 0.6) is 0 Å². The predicted molar refractivity (Wildman–Crippen MR) is 72.8 cm³/mol. The first-order valence-corrected chi connectivity index (χ1v) is 8.84. The third kappa shape index (κ3) is 3.50. The van der Waals surface area contributed by atoms with Crippen LogP contribution in [0.2, 0.25) is 0 Å². The highest BCUT2D eigenvalue weighted by molar-refractivity contribution is 7.91. The highest BCUT2D eigenvalue weighted by Crippen LogP contribution is 2.36. The van der Waals surface area contributed by atoms with Crippen molar-refractivity contribution in [2.75, 3.05) is 11.5 Å². The number of rotatable bonds is 3. The molecule has 2 aliphatic rings. The number of amides is 1. The third-order valence-corrected chi connectivity index (χ3v) is 6.08. The number of carbonyl (C=O) groups is 2. The third-order valence-electron chi connectivity index (χ3n) is 4.26. The summed E-state index contributed by atoms with van der Waals surface area (Å²) < 4.78 is 23.1. The van der Waals surface area contributed by atoms with Crippen molar-refractivity contribution in [2.45, 2.75) is 38.6 Å². The molecule has 20 heavy (non-hydrogen) atoms. The van der Waals surface area contributed by atoms with Crippen molar-refractivity contribution in [3.8, 4) is 0 Å². The fourth-order valence-electron chi connectivity index (χ4n) is 3.30. The van der Waals surface area contributed by atoms with Crippen molar-refractivity contribution in [3.05, 3.63) is 0 Å². The van der Waals surface area contributed by atoms with E-state index in [2.05, 4.69) is 5.32 Å². The van der Waals surface area contributed by atoms with E-state index in [0.717, 1.165) is 0 Å². The zero-order chi connectivity index (χ0) is 14.9. The maximum absolute atomic E-state index is 12.2. The molecule has 114 valence electrons. The van der Waals surface area contributed by atoms with Crippen molar-refractivity contribution < 1.29 is 23.1 Å². The van der Waals surface area contributed by atoms with Gasteiger partial charge in [-0.2, -0.15) is 0 Å². The summed E-state index contributed by atoms with van der Waals surface area (Å²) in [6.45, 7) is 1.94. The van der Waals surface area contributed by atoms with E-state index in [4.69, 9.17) is 5.11 Å². The second kappa shape index (κ2) is 5.71. The lowest BCUT2D eigenvalue weighted by molar-refractivity contribution is -0.146. The van der Waals surface area contributed by atoms with Crippen LogP contribution in [0.25, 0.3) is 0 Å². The van der Waals surface area contributed by atoms with Gasteiger partial charge in [0.1, 0.15) is 0 Å². The summed E-state index contributed by atoms with van der Waals surface area (Å²) in [5.41, 5.74) is 0. The Bertz CT molecular complexity index is 501. The van der Waals surface area contributed by atoms with E-state index in [1.807, 2.05) is 6.92 Å². The molecule has 2 N–H and O–H groups in total. The molecule has 4 atom stereocenters. The zero-order valence-corrected chi connectivity index (χ0v) is 12.4.